The molecule has 1 aliphatic rings. The van der Waals surface area contributed by atoms with Gasteiger partial charge in [-0.25, -0.2) is 4.39 Å². The molecule has 0 spiro atoms. The molecular formula is C14H18FN3. The summed E-state index contributed by atoms with van der Waals surface area (Å²) in [6, 6.07) is 7.34. The van der Waals surface area contributed by atoms with Crippen LogP contribution in [-0.4, -0.2) is 30.1 Å². The Hall–Kier alpha value is -1.44. The van der Waals surface area contributed by atoms with Crippen LogP contribution >= 0.6 is 0 Å². The number of hydrogen-bond donors (Lipinski definition) is 1. The summed E-state index contributed by atoms with van der Waals surface area (Å²) in [7, 11) is 0. The first kappa shape index (κ1) is 13.0. The monoisotopic (exact) mass is 247 g/mol. The van der Waals surface area contributed by atoms with Gasteiger partial charge < -0.3 is 5.32 Å². The summed E-state index contributed by atoms with van der Waals surface area (Å²) in [5, 5.41) is 12.5. The van der Waals surface area contributed by atoms with Crippen LogP contribution in [0, 0.1) is 17.1 Å². The fourth-order valence-corrected chi connectivity index (χ4v) is 2.61. The standard InChI is InChI=1S/C14H18FN3/c1-10-7-18(8-11(2)17-10)9-13-5-14(15)4-3-12(13)6-16/h3-5,10-11,17H,7-9H2,1-2H3. The lowest BCUT2D eigenvalue weighted by Crippen LogP contribution is -2.53. The molecular weight excluding hydrogens is 229 g/mol. The quantitative estimate of drug-likeness (QED) is 0.867. The van der Waals surface area contributed by atoms with E-state index in [2.05, 4.69) is 30.1 Å². The van der Waals surface area contributed by atoms with Gasteiger partial charge in [0.25, 0.3) is 0 Å². The van der Waals surface area contributed by atoms with E-state index in [4.69, 9.17) is 5.26 Å². The molecule has 0 radical (unpaired) electrons. The molecule has 96 valence electrons. The van der Waals surface area contributed by atoms with E-state index in [0.29, 0.717) is 24.2 Å². The van der Waals surface area contributed by atoms with Gasteiger partial charge in [0.15, 0.2) is 0 Å². The molecule has 0 saturated carbocycles. The van der Waals surface area contributed by atoms with Crippen LogP contribution in [0.1, 0.15) is 25.0 Å². The molecule has 2 unspecified atom stereocenters. The first-order valence-electron chi connectivity index (χ1n) is 6.25. The zero-order chi connectivity index (χ0) is 13.1. The van der Waals surface area contributed by atoms with Crippen molar-refractivity contribution in [3.63, 3.8) is 0 Å². The van der Waals surface area contributed by atoms with Crippen molar-refractivity contribution >= 4 is 0 Å². The van der Waals surface area contributed by atoms with Crippen molar-refractivity contribution < 1.29 is 4.39 Å². The highest BCUT2D eigenvalue weighted by Crippen LogP contribution is 2.15. The Morgan fingerprint density at radius 2 is 2.06 bits per heavy atom. The molecule has 1 heterocycles. The maximum Gasteiger partial charge on any atom is 0.123 e. The molecule has 18 heavy (non-hydrogen) atoms. The minimum absolute atomic E-state index is 0.278. The zero-order valence-corrected chi connectivity index (χ0v) is 10.8. The van der Waals surface area contributed by atoms with Gasteiger partial charge in [-0.15, -0.1) is 0 Å². The molecule has 0 aliphatic carbocycles. The van der Waals surface area contributed by atoms with Crippen LogP contribution in [0.5, 0.6) is 0 Å². The molecule has 1 aromatic rings. The molecule has 1 fully saturated rings. The first-order valence-corrected chi connectivity index (χ1v) is 6.25. The van der Waals surface area contributed by atoms with Gasteiger partial charge in [0.1, 0.15) is 5.82 Å². The minimum Gasteiger partial charge on any atom is -0.309 e. The number of rotatable bonds is 2. The SMILES string of the molecule is CC1CN(Cc2cc(F)ccc2C#N)CC(C)N1. The van der Waals surface area contributed by atoms with E-state index >= 15 is 0 Å². The van der Waals surface area contributed by atoms with E-state index < -0.39 is 0 Å². The van der Waals surface area contributed by atoms with Crippen molar-refractivity contribution in [1.82, 2.24) is 10.2 Å². The smallest absolute Gasteiger partial charge is 0.123 e. The van der Waals surface area contributed by atoms with Crippen molar-refractivity contribution in [2.75, 3.05) is 13.1 Å². The van der Waals surface area contributed by atoms with E-state index in [9.17, 15) is 4.39 Å². The Kier molecular flexibility index (Phi) is 3.95. The largest absolute Gasteiger partial charge is 0.309 e. The number of nitrogens with one attached hydrogen (secondary N) is 1. The number of halogens is 1. The second-order valence-corrected chi connectivity index (χ2v) is 5.08. The lowest BCUT2D eigenvalue weighted by Gasteiger charge is -2.36. The minimum atomic E-state index is -0.278. The summed E-state index contributed by atoms with van der Waals surface area (Å²) in [5.41, 5.74) is 1.34. The van der Waals surface area contributed by atoms with Gasteiger partial charge in [0.05, 0.1) is 11.6 Å². The van der Waals surface area contributed by atoms with Crippen molar-refractivity contribution in [2.45, 2.75) is 32.5 Å². The third kappa shape index (κ3) is 3.06. The molecule has 1 aromatic carbocycles. The highest BCUT2D eigenvalue weighted by atomic mass is 19.1. The van der Waals surface area contributed by atoms with E-state index in [1.807, 2.05) is 0 Å². The second kappa shape index (κ2) is 5.47. The third-order valence-corrected chi connectivity index (χ3v) is 3.21. The fraction of sp³-hybridized carbons (Fsp3) is 0.500. The molecule has 0 bridgehead atoms. The van der Waals surface area contributed by atoms with E-state index in [-0.39, 0.29) is 5.82 Å². The molecule has 3 nitrogen and oxygen atoms in total. The highest BCUT2D eigenvalue weighted by molar-refractivity contribution is 5.37. The maximum atomic E-state index is 13.3. The number of benzene rings is 1. The molecule has 0 amide bonds. The van der Waals surface area contributed by atoms with Crippen molar-refractivity contribution in [3.05, 3.63) is 35.1 Å². The lowest BCUT2D eigenvalue weighted by molar-refractivity contribution is 0.166. The van der Waals surface area contributed by atoms with Gasteiger partial charge in [-0.3, -0.25) is 4.90 Å². The second-order valence-electron chi connectivity index (χ2n) is 5.08. The van der Waals surface area contributed by atoms with Gasteiger partial charge in [-0.05, 0) is 37.6 Å². The van der Waals surface area contributed by atoms with Crippen molar-refractivity contribution in [1.29, 1.82) is 5.26 Å². The van der Waals surface area contributed by atoms with E-state index in [0.717, 1.165) is 18.7 Å². The lowest BCUT2D eigenvalue weighted by atomic mass is 10.1. The predicted octanol–water partition coefficient (Wildman–Crippen LogP) is 1.88. The Morgan fingerprint density at radius 1 is 1.39 bits per heavy atom. The highest BCUT2D eigenvalue weighted by Gasteiger charge is 2.21. The van der Waals surface area contributed by atoms with Gasteiger partial charge in [0.2, 0.25) is 0 Å². The van der Waals surface area contributed by atoms with Crippen LogP contribution in [0.2, 0.25) is 0 Å². The summed E-state index contributed by atoms with van der Waals surface area (Å²) >= 11 is 0. The summed E-state index contributed by atoms with van der Waals surface area (Å²) in [5.74, 6) is -0.278. The molecule has 2 rings (SSSR count). The number of piperazine rings is 1. The average Bonchev–Trinajstić information content (AvgIpc) is 2.27. The predicted molar refractivity (Wildman–Crippen MR) is 68.5 cm³/mol. The van der Waals surface area contributed by atoms with Crippen molar-refractivity contribution in [2.24, 2.45) is 0 Å². The van der Waals surface area contributed by atoms with Crippen LogP contribution < -0.4 is 5.32 Å². The fourth-order valence-electron chi connectivity index (χ4n) is 2.61. The zero-order valence-electron chi connectivity index (χ0n) is 10.8. The Balaban J connectivity index is 2.13. The summed E-state index contributed by atoms with van der Waals surface area (Å²) < 4.78 is 13.3. The molecule has 0 aromatic heterocycles. The van der Waals surface area contributed by atoms with Gasteiger partial charge in [-0.1, -0.05) is 0 Å². The topological polar surface area (TPSA) is 39.1 Å². The Morgan fingerprint density at radius 3 is 2.67 bits per heavy atom. The van der Waals surface area contributed by atoms with Gasteiger partial charge >= 0.3 is 0 Å². The van der Waals surface area contributed by atoms with Crippen LogP contribution in [0.4, 0.5) is 4.39 Å². The molecule has 4 heteroatoms. The first-order chi connectivity index (χ1) is 8.58. The van der Waals surface area contributed by atoms with Crippen LogP contribution in [0.25, 0.3) is 0 Å². The summed E-state index contributed by atoms with van der Waals surface area (Å²) in [6.07, 6.45) is 0. The Labute approximate surface area is 107 Å². The van der Waals surface area contributed by atoms with E-state index in [1.165, 1.54) is 12.1 Å². The number of hydrogen-bond acceptors (Lipinski definition) is 3. The maximum absolute atomic E-state index is 13.3. The third-order valence-electron chi connectivity index (χ3n) is 3.21. The molecule has 1 N–H and O–H groups in total. The van der Waals surface area contributed by atoms with Crippen LogP contribution in [0.15, 0.2) is 18.2 Å². The van der Waals surface area contributed by atoms with Gasteiger partial charge in [0, 0.05) is 31.7 Å². The number of nitrogens with zero attached hydrogens (tertiary/aromatic N) is 2. The molecule has 1 aliphatic heterocycles. The molecule has 1 saturated heterocycles. The van der Waals surface area contributed by atoms with Crippen molar-refractivity contribution in [3.8, 4) is 6.07 Å². The number of nitriles is 1. The average molecular weight is 247 g/mol. The normalized spacial score (nSPS) is 24.8. The summed E-state index contributed by atoms with van der Waals surface area (Å²) in [6.45, 7) is 6.76. The van der Waals surface area contributed by atoms with Gasteiger partial charge in [-0.2, -0.15) is 5.26 Å². The van der Waals surface area contributed by atoms with Crippen LogP contribution in [-0.2, 0) is 6.54 Å². The summed E-state index contributed by atoms with van der Waals surface area (Å²) in [4.78, 5) is 2.27. The van der Waals surface area contributed by atoms with E-state index in [1.54, 1.807) is 6.07 Å². The molecule has 2 atom stereocenters. The van der Waals surface area contributed by atoms with Crippen LogP contribution in [0.3, 0.4) is 0 Å². The Bertz CT molecular complexity index is 457.